The van der Waals surface area contributed by atoms with Crippen LogP contribution in [0.1, 0.15) is 71.9 Å². The average Bonchev–Trinajstić information content (AvgIpc) is 4.22. The minimum atomic E-state index is -4.95. The lowest BCUT2D eigenvalue weighted by atomic mass is 9.98. The highest BCUT2D eigenvalue weighted by atomic mass is 19.4. The van der Waals surface area contributed by atoms with Crippen LogP contribution in [0.4, 0.5) is 46.5 Å². The lowest BCUT2D eigenvalue weighted by molar-refractivity contribution is -0.140. The van der Waals surface area contributed by atoms with Gasteiger partial charge in [-0.05, 0) is 120 Å². The number of aromatic nitrogens is 10. The van der Waals surface area contributed by atoms with Gasteiger partial charge in [-0.3, -0.25) is 19.0 Å². The molecule has 9 rings (SSSR count). The number of carbonyl (C=O) groups excluding carboxylic acids is 2. The van der Waals surface area contributed by atoms with E-state index in [0.717, 1.165) is 40.2 Å². The van der Waals surface area contributed by atoms with Gasteiger partial charge in [-0.1, -0.05) is 34.7 Å². The fraction of sp³-hybridized carbons (Fsp3) is 0.368. The quantitative estimate of drug-likeness (QED) is 0.0712. The van der Waals surface area contributed by atoms with Gasteiger partial charge in [0.15, 0.2) is 23.2 Å². The van der Waals surface area contributed by atoms with Crippen LogP contribution < -0.4 is 9.80 Å². The van der Waals surface area contributed by atoms with Crippen LogP contribution in [0.5, 0.6) is 0 Å². The molecule has 1 fully saturated rings. The van der Waals surface area contributed by atoms with Crippen molar-refractivity contribution in [2.45, 2.75) is 59.3 Å². The molecule has 0 radical (unpaired) electrons. The Morgan fingerprint density at radius 3 is 1.52 bits per heavy atom. The first-order chi connectivity index (χ1) is 38.2. The van der Waals surface area contributed by atoms with Crippen molar-refractivity contribution in [3.63, 3.8) is 0 Å². The Morgan fingerprint density at radius 1 is 0.580 bits per heavy atom. The summed E-state index contributed by atoms with van der Waals surface area (Å²) in [5, 5.41) is 25.5. The molecular weight excluding hydrogens is 1060 g/mol. The van der Waals surface area contributed by atoms with Crippen LogP contribution in [0, 0.1) is 39.3 Å². The molecule has 0 unspecified atom stereocenters. The molecule has 81 heavy (non-hydrogen) atoms. The van der Waals surface area contributed by atoms with Crippen molar-refractivity contribution in [1.29, 1.82) is 0 Å². The van der Waals surface area contributed by atoms with Crippen molar-refractivity contribution < 1.29 is 44.7 Å². The number of carbonyl (C=O) groups is 2. The Kier molecular flexibility index (Phi) is 17.4. The summed E-state index contributed by atoms with van der Waals surface area (Å²) in [6.45, 7) is 10.5. The second-order valence-electron chi connectivity index (χ2n) is 20.7. The maximum atomic E-state index is 15.2. The van der Waals surface area contributed by atoms with E-state index in [-0.39, 0.29) is 41.9 Å². The Hall–Kier alpha value is -8.12. The van der Waals surface area contributed by atoms with Gasteiger partial charge in [0.25, 0.3) is 0 Å². The average molecular weight is 1130 g/mol. The molecule has 5 heterocycles. The zero-order chi connectivity index (χ0) is 58.8. The largest absolute Gasteiger partial charge is 0.419 e. The van der Waals surface area contributed by atoms with Crippen molar-refractivity contribution in [2.24, 2.45) is 14.1 Å². The van der Waals surface area contributed by atoms with Crippen LogP contribution in [0.25, 0.3) is 33.9 Å². The van der Waals surface area contributed by atoms with E-state index in [1.807, 2.05) is 64.7 Å². The fourth-order valence-corrected chi connectivity index (χ4v) is 9.33. The Bertz CT molecular complexity index is 3590. The van der Waals surface area contributed by atoms with Crippen LogP contribution in [0.15, 0.2) is 85.5 Å². The molecule has 0 atom stereocenters. The zero-order valence-corrected chi connectivity index (χ0v) is 46.5. The molecular formula is C57H62F8N14O2. The molecule has 1 aliphatic heterocycles. The number of Topliss-reactive ketones (excluding diaryl/α,β-unsaturated/α-hetero) is 2. The summed E-state index contributed by atoms with van der Waals surface area (Å²) in [6.07, 6.45) is -2.63. The summed E-state index contributed by atoms with van der Waals surface area (Å²) < 4.78 is 119. The maximum Gasteiger partial charge on any atom is 0.419 e. The second-order valence-corrected chi connectivity index (χ2v) is 20.7. The van der Waals surface area contributed by atoms with Crippen molar-refractivity contribution in [1.82, 2.24) is 59.3 Å². The summed E-state index contributed by atoms with van der Waals surface area (Å²) in [5.41, 5.74) is 5.28. The van der Waals surface area contributed by atoms with E-state index in [1.54, 1.807) is 92.8 Å². The number of hydrogen-bond acceptors (Lipinski definition) is 12. The third-order valence-corrected chi connectivity index (χ3v) is 14.5. The Morgan fingerprint density at radius 2 is 1.06 bits per heavy atom. The summed E-state index contributed by atoms with van der Waals surface area (Å²) in [4.78, 5) is 33.5. The smallest absolute Gasteiger partial charge is 0.371 e. The van der Waals surface area contributed by atoms with Crippen LogP contribution >= 0.6 is 0 Å². The maximum absolute atomic E-state index is 15.2. The number of halogens is 8. The van der Waals surface area contributed by atoms with E-state index in [0.29, 0.717) is 78.6 Å². The van der Waals surface area contributed by atoms with Gasteiger partial charge in [0.2, 0.25) is 0 Å². The number of anilines is 2. The van der Waals surface area contributed by atoms with Crippen molar-refractivity contribution in [3.8, 4) is 33.9 Å². The summed E-state index contributed by atoms with van der Waals surface area (Å²) in [7, 11) is 10.7. The van der Waals surface area contributed by atoms with E-state index in [2.05, 4.69) is 30.8 Å². The molecule has 1 aliphatic rings. The lowest BCUT2D eigenvalue weighted by Gasteiger charge is -2.25. The highest BCUT2D eigenvalue weighted by molar-refractivity contribution is 5.99. The molecule has 4 aromatic carbocycles. The zero-order valence-electron chi connectivity index (χ0n) is 46.5. The first-order valence-electron chi connectivity index (χ1n) is 25.9. The standard InChI is InChI=1S/C29H31F4N7O.C28H31F4N7O/c1-18-6-7-20(12-25(18)40-17-24(35-36-40)22-16-34-38(4)19(22)2)13-27(41)21-14-23(29(31,32)33)28(30)26(15-21)39-9-5-8-37(3)10-11-39;1-17-7-8-19(11-24(17)39-16-23(34-35-39)21-15-33-38(6)18(21)2)12-26(40)20-13-22(28(30,31)32)27(29)25(14-20)37(5)10-9-36(3)4/h6-7,12,14-17H,5,8-11,13H2,1-4H3;7-8,11,13-16H,9-10,12H2,1-6H3. The third-order valence-electron chi connectivity index (χ3n) is 14.5. The molecule has 0 amide bonds. The van der Waals surface area contributed by atoms with Gasteiger partial charge in [0, 0.05) is 100 Å². The molecule has 0 saturated carbocycles. The van der Waals surface area contributed by atoms with E-state index < -0.39 is 46.7 Å². The van der Waals surface area contributed by atoms with Gasteiger partial charge in [-0.15, -0.1) is 10.2 Å². The number of hydrogen-bond donors (Lipinski definition) is 0. The highest BCUT2D eigenvalue weighted by Gasteiger charge is 2.38. The number of alkyl halides is 6. The van der Waals surface area contributed by atoms with Crippen LogP contribution in [-0.2, 0) is 39.3 Å². The molecule has 4 aromatic heterocycles. The van der Waals surface area contributed by atoms with E-state index >= 15 is 4.39 Å². The first kappa shape index (κ1) is 59.0. The Balaban J connectivity index is 0.000000213. The number of aryl methyl sites for hydroxylation is 4. The number of benzene rings is 4. The van der Waals surface area contributed by atoms with Gasteiger partial charge >= 0.3 is 12.4 Å². The van der Waals surface area contributed by atoms with Gasteiger partial charge in [-0.25, -0.2) is 18.1 Å². The minimum Gasteiger partial charge on any atom is -0.371 e. The van der Waals surface area contributed by atoms with Crippen molar-refractivity contribution in [2.75, 3.05) is 77.3 Å². The molecule has 24 heteroatoms. The second kappa shape index (κ2) is 23.9. The highest BCUT2D eigenvalue weighted by Crippen LogP contribution is 2.39. The third kappa shape index (κ3) is 13.4. The van der Waals surface area contributed by atoms with Crippen LogP contribution in [0.3, 0.4) is 0 Å². The van der Waals surface area contributed by atoms with Crippen molar-refractivity contribution >= 4 is 22.9 Å². The molecule has 0 aliphatic carbocycles. The monoisotopic (exact) mass is 1130 g/mol. The molecule has 8 aromatic rings. The van der Waals surface area contributed by atoms with Gasteiger partial charge < -0.3 is 19.6 Å². The lowest BCUT2D eigenvalue weighted by Crippen LogP contribution is -2.30. The van der Waals surface area contributed by atoms with Crippen LogP contribution in [0.2, 0.25) is 0 Å². The van der Waals surface area contributed by atoms with Gasteiger partial charge in [0.1, 0.15) is 11.4 Å². The number of ketones is 2. The summed E-state index contributed by atoms with van der Waals surface area (Å²) >= 11 is 0. The molecule has 0 bridgehead atoms. The molecule has 428 valence electrons. The van der Waals surface area contributed by atoms with E-state index in [9.17, 15) is 40.3 Å². The fourth-order valence-electron chi connectivity index (χ4n) is 9.33. The summed E-state index contributed by atoms with van der Waals surface area (Å²) in [6, 6.07) is 14.3. The summed E-state index contributed by atoms with van der Waals surface area (Å²) in [5.74, 6) is -3.84. The number of likely N-dealkylation sites (N-methyl/N-ethyl adjacent to an activating group) is 3. The topological polar surface area (TPSA) is 144 Å². The normalized spacial score (nSPS) is 13.4. The number of rotatable bonds is 15. The van der Waals surface area contributed by atoms with Gasteiger partial charge in [0.05, 0.1) is 58.7 Å². The van der Waals surface area contributed by atoms with E-state index in [1.165, 1.54) is 24.1 Å². The number of nitrogens with zero attached hydrogens (tertiary/aromatic N) is 14. The Labute approximate surface area is 463 Å². The molecule has 16 nitrogen and oxygen atoms in total. The predicted molar refractivity (Wildman–Crippen MR) is 291 cm³/mol. The first-order valence-corrected chi connectivity index (χ1v) is 25.9. The van der Waals surface area contributed by atoms with E-state index in [4.69, 9.17) is 0 Å². The predicted octanol–water partition coefficient (Wildman–Crippen LogP) is 9.88. The SMILES string of the molecule is Cc1ccc(CC(=O)c2cc(N(C)CCN(C)C)c(F)c(C(F)(F)F)c2)cc1-n1cc(-c2cnn(C)c2C)nn1.Cc1ccc(CC(=O)c2cc(N3CCCN(C)CC3)c(F)c(C(F)(F)F)c2)cc1-n1cc(-c2cnn(C)c2C)nn1. The molecule has 1 saturated heterocycles. The van der Waals surface area contributed by atoms with Gasteiger partial charge in [-0.2, -0.15) is 36.5 Å². The van der Waals surface area contributed by atoms with Crippen molar-refractivity contribution in [3.05, 3.63) is 153 Å². The van der Waals surface area contributed by atoms with Crippen LogP contribution in [-0.4, -0.2) is 138 Å². The minimum absolute atomic E-state index is 0.165. The molecule has 0 spiro atoms. The molecule has 0 N–H and O–H groups in total.